The second kappa shape index (κ2) is 7.77. The van der Waals surface area contributed by atoms with E-state index in [1.165, 1.54) is 0 Å². The first-order chi connectivity index (χ1) is 8.22. The van der Waals surface area contributed by atoms with Gasteiger partial charge in [-0.3, -0.25) is 0 Å². The fourth-order valence-electron chi connectivity index (χ4n) is 1.17. The van der Waals surface area contributed by atoms with Crippen molar-refractivity contribution in [2.24, 2.45) is 0 Å². The van der Waals surface area contributed by atoms with E-state index in [0.29, 0.717) is 6.42 Å². The molecule has 0 saturated carbocycles. The van der Waals surface area contributed by atoms with Gasteiger partial charge in [0.1, 0.15) is 6.61 Å². The topological polar surface area (TPSA) is 29.5 Å². The van der Waals surface area contributed by atoms with Crippen molar-refractivity contribution in [3.8, 4) is 11.8 Å². The summed E-state index contributed by atoms with van der Waals surface area (Å²) >= 11 is 0. The molecule has 0 radical (unpaired) electrons. The highest BCUT2D eigenvalue weighted by atomic mass is 19.3. The Labute approximate surface area is 99.2 Å². The summed E-state index contributed by atoms with van der Waals surface area (Å²) in [5, 5.41) is 8.55. The Morgan fingerprint density at radius 3 is 2.53 bits per heavy atom. The molecule has 0 heterocycles. The third kappa shape index (κ3) is 6.00. The van der Waals surface area contributed by atoms with Crippen molar-refractivity contribution < 1.29 is 18.6 Å². The molecule has 0 atom stereocenters. The lowest BCUT2D eigenvalue weighted by Crippen LogP contribution is -2.04. The predicted molar refractivity (Wildman–Crippen MR) is 60.7 cm³/mol. The van der Waals surface area contributed by atoms with E-state index in [4.69, 9.17) is 9.84 Å². The van der Waals surface area contributed by atoms with E-state index in [0.717, 1.165) is 11.1 Å². The number of benzene rings is 1. The summed E-state index contributed by atoms with van der Waals surface area (Å²) < 4.78 is 28.4. The van der Waals surface area contributed by atoms with Crippen LogP contribution in [-0.2, 0) is 11.3 Å². The van der Waals surface area contributed by atoms with Gasteiger partial charge in [0.2, 0.25) is 0 Å². The number of hydrogen-bond donors (Lipinski definition) is 1. The van der Waals surface area contributed by atoms with Crippen LogP contribution in [0.5, 0.6) is 0 Å². The van der Waals surface area contributed by atoms with E-state index >= 15 is 0 Å². The SMILES string of the molecule is OCCC#Cc1ccc(COCC(F)F)cc1. The lowest BCUT2D eigenvalue weighted by molar-refractivity contribution is 0.00988. The molecule has 0 aliphatic heterocycles. The molecule has 0 unspecified atom stereocenters. The van der Waals surface area contributed by atoms with Crippen LogP contribution in [0.1, 0.15) is 17.5 Å². The van der Waals surface area contributed by atoms with Crippen molar-refractivity contribution >= 4 is 0 Å². The molecule has 0 saturated heterocycles. The van der Waals surface area contributed by atoms with Gasteiger partial charge in [0, 0.05) is 12.0 Å². The highest BCUT2D eigenvalue weighted by Gasteiger charge is 2.01. The zero-order chi connectivity index (χ0) is 12.5. The van der Waals surface area contributed by atoms with Crippen molar-refractivity contribution in [1.29, 1.82) is 0 Å². The molecule has 2 nitrogen and oxygen atoms in total. The van der Waals surface area contributed by atoms with Crippen LogP contribution < -0.4 is 0 Å². The van der Waals surface area contributed by atoms with Crippen LogP contribution in [0.2, 0.25) is 0 Å². The molecular formula is C13H14F2O2. The van der Waals surface area contributed by atoms with Crippen LogP contribution in [0.3, 0.4) is 0 Å². The number of hydrogen-bond acceptors (Lipinski definition) is 2. The predicted octanol–water partition coefficient (Wildman–Crippen LogP) is 2.20. The summed E-state index contributed by atoms with van der Waals surface area (Å²) in [6.07, 6.45) is -1.99. The molecule has 17 heavy (non-hydrogen) atoms. The summed E-state index contributed by atoms with van der Waals surface area (Å²) in [7, 11) is 0. The molecule has 1 rings (SSSR count). The van der Waals surface area contributed by atoms with E-state index in [-0.39, 0.29) is 13.2 Å². The molecular weight excluding hydrogens is 226 g/mol. The Morgan fingerprint density at radius 2 is 1.94 bits per heavy atom. The number of aliphatic hydroxyl groups is 1. The first-order valence-electron chi connectivity index (χ1n) is 5.27. The highest BCUT2D eigenvalue weighted by molar-refractivity contribution is 5.35. The Balaban J connectivity index is 2.43. The Bertz CT molecular complexity index is 377. The van der Waals surface area contributed by atoms with Crippen LogP contribution in [0.25, 0.3) is 0 Å². The van der Waals surface area contributed by atoms with Gasteiger partial charge in [-0.1, -0.05) is 24.0 Å². The first-order valence-corrected chi connectivity index (χ1v) is 5.27. The molecule has 92 valence electrons. The Kier molecular flexibility index (Phi) is 6.23. The van der Waals surface area contributed by atoms with Gasteiger partial charge in [-0.05, 0) is 17.7 Å². The van der Waals surface area contributed by atoms with Crippen LogP contribution in [0.15, 0.2) is 24.3 Å². The van der Waals surface area contributed by atoms with Crippen molar-refractivity contribution in [1.82, 2.24) is 0 Å². The molecule has 0 spiro atoms. The van der Waals surface area contributed by atoms with Gasteiger partial charge in [0.15, 0.2) is 0 Å². The Morgan fingerprint density at radius 1 is 1.24 bits per heavy atom. The molecule has 1 aromatic carbocycles. The highest BCUT2D eigenvalue weighted by Crippen LogP contribution is 2.05. The molecule has 4 heteroatoms. The molecule has 0 amide bonds. The number of rotatable bonds is 5. The molecule has 1 N–H and O–H groups in total. The third-order valence-corrected chi connectivity index (χ3v) is 1.94. The number of aliphatic hydroxyl groups excluding tert-OH is 1. The minimum atomic E-state index is -2.43. The molecule has 0 aliphatic carbocycles. The minimum absolute atomic E-state index is 0.0482. The first kappa shape index (κ1) is 13.6. The van der Waals surface area contributed by atoms with Gasteiger partial charge in [0.25, 0.3) is 6.43 Å². The van der Waals surface area contributed by atoms with E-state index in [9.17, 15) is 8.78 Å². The quantitative estimate of drug-likeness (QED) is 0.799. The van der Waals surface area contributed by atoms with E-state index in [1.807, 2.05) is 0 Å². The van der Waals surface area contributed by atoms with Crippen molar-refractivity contribution in [2.75, 3.05) is 13.2 Å². The lowest BCUT2D eigenvalue weighted by atomic mass is 10.1. The van der Waals surface area contributed by atoms with Crippen LogP contribution in [0.4, 0.5) is 8.78 Å². The maximum atomic E-state index is 11.8. The van der Waals surface area contributed by atoms with Crippen LogP contribution in [0, 0.1) is 11.8 Å². The normalized spacial score (nSPS) is 10.1. The third-order valence-electron chi connectivity index (χ3n) is 1.94. The number of alkyl halides is 2. The lowest BCUT2D eigenvalue weighted by Gasteiger charge is -2.03. The molecule has 0 aliphatic rings. The Hall–Kier alpha value is -1.44. The van der Waals surface area contributed by atoms with Crippen molar-refractivity contribution in [3.63, 3.8) is 0 Å². The van der Waals surface area contributed by atoms with Crippen LogP contribution in [-0.4, -0.2) is 24.7 Å². The van der Waals surface area contributed by atoms with Crippen molar-refractivity contribution in [2.45, 2.75) is 19.5 Å². The number of ether oxygens (including phenoxy) is 1. The molecule has 0 fully saturated rings. The van der Waals surface area contributed by atoms with Crippen LogP contribution >= 0.6 is 0 Å². The van der Waals surface area contributed by atoms with E-state index in [2.05, 4.69) is 11.8 Å². The van der Waals surface area contributed by atoms with Gasteiger partial charge < -0.3 is 9.84 Å². The molecule has 1 aromatic rings. The zero-order valence-electron chi connectivity index (χ0n) is 9.33. The maximum Gasteiger partial charge on any atom is 0.261 e. The van der Waals surface area contributed by atoms with Gasteiger partial charge in [-0.15, -0.1) is 0 Å². The minimum Gasteiger partial charge on any atom is -0.395 e. The van der Waals surface area contributed by atoms with Crippen molar-refractivity contribution in [3.05, 3.63) is 35.4 Å². The monoisotopic (exact) mass is 240 g/mol. The fourth-order valence-corrected chi connectivity index (χ4v) is 1.17. The zero-order valence-corrected chi connectivity index (χ0v) is 9.33. The molecule has 0 bridgehead atoms. The second-order valence-corrected chi connectivity index (χ2v) is 3.38. The summed E-state index contributed by atoms with van der Waals surface area (Å²) in [4.78, 5) is 0. The van der Waals surface area contributed by atoms with E-state index in [1.54, 1.807) is 24.3 Å². The average molecular weight is 240 g/mol. The summed E-state index contributed by atoms with van der Waals surface area (Å²) in [6.45, 7) is -0.320. The fraction of sp³-hybridized carbons (Fsp3) is 0.385. The summed E-state index contributed by atoms with van der Waals surface area (Å²) in [5.41, 5.74) is 1.66. The van der Waals surface area contributed by atoms with Gasteiger partial charge >= 0.3 is 0 Å². The van der Waals surface area contributed by atoms with Gasteiger partial charge in [-0.25, -0.2) is 8.78 Å². The number of halogens is 2. The van der Waals surface area contributed by atoms with Gasteiger partial charge in [0.05, 0.1) is 13.2 Å². The van der Waals surface area contributed by atoms with Gasteiger partial charge in [-0.2, -0.15) is 0 Å². The summed E-state index contributed by atoms with van der Waals surface area (Å²) in [5.74, 6) is 5.67. The average Bonchev–Trinajstić information content (AvgIpc) is 2.31. The van der Waals surface area contributed by atoms with E-state index < -0.39 is 13.0 Å². The smallest absolute Gasteiger partial charge is 0.261 e. The standard InChI is InChI=1S/C13H14F2O2/c14-13(15)10-17-9-12-6-4-11(5-7-12)3-1-2-8-16/h4-7,13,16H,2,8-10H2. The second-order valence-electron chi connectivity index (χ2n) is 3.38. The maximum absolute atomic E-state index is 11.8. The largest absolute Gasteiger partial charge is 0.395 e. The summed E-state index contributed by atoms with van der Waals surface area (Å²) in [6, 6.07) is 7.17. The molecule has 0 aromatic heterocycles.